The van der Waals surface area contributed by atoms with Gasteiger partial charge in [0.1, 0.15) is 6.33 Å². The van der Waals surface area contributed by atoms with Crippen LogP contribution >= 0.6 is 15.9 Å². The van der Waals surface area contributed by atoms with Crippen LogP contribution in [0.2, 0.25) is 0 Å². The number of nitrogens with two attached hydrogens (primary N) is 1. The van der Waals surface area contributed by atoms with Gasteiger partial charge in [-0.3, -0.25) is 0 Å². The Labute approximate surface area is 107 Å². The highest BCUT2D eigenvalue weighted by atomic mass is 79.9. The van der Waals surface area contributed by atoms with E-state index < -0.39 is 0 Å². The van der Waals surface area contributed by atoms with Crippen LogP contribution in [-0.4, -0.2) is 25.9 Å². The van der Waals surface area contributed by atoms with Crippen molar-refractivity contribution in [1.29, 1.82) is 0 Å². The standard InChI is InChI=1S/C10H12BrN5O/c1-6(2)17-9-3-8(13-5-14-9)16-4-7(11)10(12)15-16/h3-6H,1-2H3,(H2,12,15). The van der Waals surface area contributed by atoms with Gasteiger partial charge in [0.25, 0.3) is 0 Å². The first-order chi connectivity index (χ1) is 8.06. The molecule has 7 heteroatoms. The van der Waals surface area contributed by atoms with Crippen molar-refractivity contribution in [2.75, 3.05) is 5.73 Å². The number of hydrogen-bond donors (Lipinski definition) is 1. The molecule has 0 saturated heterocycles. The molecule has 2 N–H and O–H groups in total. The SMILES string of the molecule is CC(C)Oc1cc(-n2cc(Br)c(N)n2)ncn1. The number of ether oxygens (including phenoxy) is 1. The van der Waals surface area contributed by atoms with Gasteiger partial charge in [-0.1, -0.05) is 0 Å². The minimum absolute atomic E-state index is 0.0622. The van der Waals surface area contributed by atoms with Crippen molar-refractivity contribution in [3.63, 3.8) is 0 Å². The van der Waals surface area contributed by atoms with Crippen molar-refractivity contribution in [3.8, 4) is 11.7 Å². The quantitative estimate of drug-likeness (QED) is 0.934. The Morgan fingerprint density at radius 3 is 2.76 bits per heavy atom. The van der Waals surface area contributed by atoms with Gasteiger partial charge in [0, 0.05) is 12.3 Å². The third-order valence-corrected chi connectivity index (χ3v) is 2.53. The van der Waals surface area contributed by atoms with Crippen molar-refractivity contribution in [2.24, 2.45) is 0 Å². The molecule has 2 heterocycles. The van der Waals surface area contributed by atoms with Crippen molar-refractivity contribution >= 4 is 21.7 Å². The van der Waals surface area contributed by atoms with Gasteiger partial charge in [-0.05, 0) is 29.8 Å². The first kappa shape index (κ1) is 11.8. The normalized spacial score (nSPS) is 10.8. The number of rotatable bonds is 3. The van der Waals surface area contributed by atoms with Crippen LogP contribution in [0.25, 0.3) is 5.82 Å². The molecule has 0 radical (unpaired) electrons. The van der Waals surface area contributed by atoms with E-state index in [-0.39, 0.29) is 6.10 Å². The van der Waals surface area contributed by atoms with Gasteiger partial charge in [-0.25, -0.2) is 14.6 Å². The minimum Gasteiger partial charge on any atom is -0.475 e. The lowest BCUT2D eigenvalue weighted by Gasteiger charge is -2.08. The Kier molecular flexibility index (Phi) is 3.28. The predicted molar refractivity (Wildman–Crippen MR) is 67.0 cm³/mol. The predicted octanol–water partition coefficient (Wildman–Crippen LogP) is 1.79. The fraction of sp³-hybridized carbons (Fsp3) is 0.300. The summed E-state index contributed by atoms with van der Waals surface area (Å²) in [4.78, 5) is 8.12. The summed E-state index contributed by atoms with van der Waals surface area (Å²) in [6, 6.07) is 1.71. The number of halogens is 1. The third-order valence-electron chi connectivity index (χ3n) is 1.91. The van der Waals surface area contributed by atoms with Gasteiger partial charge in [0.15, 0.2) is 11.6 Å². The second-order valence-electron chi connectivity index (χ2n) is 3.69. The molecule has 2 rings (SSSR count). The van der Waals surface area contributed by atoms with E-state index in [2.05, 4.69) is 31.0 Å². The minimum atomic E-state index is 0.0622. The molecular formula is C10H12BrN5O. The van der Waals surface area contributed by atoms with Crippen LogP contribution in [0.1, 0.15) is 13.8 Å². The number of hydrogen-bond acceptors (Lipinski definition) is 5. The maximum Gasteiger partial charge on any atom is 0.218 e. The fourth-order valence-electron chi connectivity index (χ4n) is 1.24. The second-order valence-corrected chi connectivity index (χ2v) is 4.54. The smallest absolute Gasteiger partial charge is 0.218 e. The molecule has 17 heavy (non-hydrogen) atoms. The zero-order valence-electron chi connectivity index (χ0n) is 9.46. The average Bonchev–Trinajstić information content (AvgIpc) is 2.59. The molecule has 2 aromatic rings. The summed E-state index contributed by atoms with van der Waals surface area (Å²) in [7, 11) is 0. The van der Waals surface area contributed by atoms with Crippen LogP contribution in [-0.2, 0) is 0 Å². The van der Waals surface area contributed by atoms with E-state index in [1.165, 1.54) is 6.33 Å². The zero-order chi connectivity index (χ0) is 12.4. The Bertz CT molecular complexity index is 506. The Balaban J connectivity index is 2.32. The highest BCUT2D eigenvalue weighted by molar-refractivity contribution is 9.10. The van der Waals surface area contributed by atoms with Crippen LogP contribution in [0.5, 0.6) is 5.88 Å². The maximum atomic E-state index is 5.64. The summed E-state index contributed by atoms with van der Waals surface area (Å²) < 4.78 is 7.77. The molecule has 90 valence electrons. The lowest BCUT2D eigenvalue weighted by atomic mass is 10.5. The van der Waals surface area contributed by atoms with Gasteiger partial charge < -0.3 is 10.5 Å². The Morgan fingerprint density at radius 2 is 2.18 bits per heavy atom. The summed E-state index contributed by atoms with van der Waals surface area (Å²) >= 11 is 3.29. The van der Waals surface area contributed by atoms with Crippen LogP contribution in [0.4, 0.5) is 5.82 Å². The van der Waals surface area contributed by atoms with Crippen LogP contribution in [0.15, 0.2) is 23.1 Å². The largest absolute Gasteiger partial charge is 0.475 e. The molecule has 0 fully saturated rings. The van der Waals surface area contributed by atoms with Crippen LogP contribution in [0, 0.1) is 0 Å². The molecule has 6 nitrogen and oxygen atoms in total. The van der Waals surface area contributed by atoms with Crippen molar-refractivity contribution in [3.05, 3.63) is 23.1 Å². The number of nitrogen functional groups attached to an aromatic ring is 1. The molecule has 0 aromatic carbocycles. The summed E-state index contributed by atoms with van der Waals surface area (Å²) in [5.41, 5.74) is 5.64. The summed E-state index contributed by atoms with van der Waals surface area (Å²) in [6.07, 6.45) is 3.22. The topological polar surface area (TPSA) is 78.9 Å². The van der Waals surface area contributed by atoms with Gasteiger partial charge in [-0.15, -0.1) is 5.10 Å². The van der Waals surface area contributed by atoms with Gasteiger partial charge in [-0.2, -0.15) is 0 Å². The monoisotopic (exact) mass is 297 g/mol. The van der Waals surface area contributed by atoms with Crippen molar-refractivity contribution < 1.29 is 4.74 Å². The average molecular weight is 298 g/mol. The molecule has 0 bridgehead atoms. The molecule has 0 unspecified atom stereocenters. The third kappa shape index (κ3) is 2.73. The highest BCUT2D eigenvalue weighted by Gasteiger charge is 2.07. The van der Waals surface area contributed by atoms with Crippen LogP contribution < -0.4 is 10.5 Å². The molecule has 0 aliphatic rings. The Morgan fingerprint density at radius 1 is 1.41 bits per heavy atom. The van der Waals surface area contributed by atoms with Gasteiger partial charge in [0.05, 0.1) is 10.6 Å². The van der Waals surface area contributed by atoms with E-state index in [1.807, 2.05) is 13.8 Å². The molecule has 0 atom stereocenters. The highest BCUT2D eigenvalue weighted by Crippen LogP contribution is 2.19. The fourth-order valence-corrected chi connectivity index (χ4v) is 1.52. The molecule has 0 aliphatic heterocycles. The van der Waals surface area contributed by atoms with Gasteiger partial charge >= 0.3 is 0 Å². The summed E-state index contributed by atoms with van der Waals surface area (Å²) in [5.74, 6) is 1.53. The van der Waals surface area contributed by atoms with E-state index in [0.29, 0.717) is 17.5 Å². The number of nitrogens with zero attached hydrogens (tertiary/aromatic N) is 4. The zero-order valence-corrected chi connectivity index (χ0v) is 11.0. The number of aromatic nitrogens is 4. The van der Waals surface area contributed by atoms with Crippen LogP contribution in [0.3, 0.4) is 0 Å². The molecule has 0 aliphatic carbocycles. The van der Waals surface area contributed by atoms with Gasteiger partial charge in [0.2, 0.25) is 5.88 Å². The van der Waals surface area contributed by atoms with E-state index in [9.17, 15) is 0 Å². The molecular weight excluding hydrogens is 286 g/mol. The van der Waals surface area contributed by atoms with E-state index in [0.717, 1.165) is 4.47 Å². The first-order valence-electron chi connectivity index (χ1n) is 5.06. The Hall–Kier alpha value is -1.63. The lowest BCUT2D eigenvalue weighted by Crippen LogP contribution is -2.08. The molecule has 0 saturated carbocycles. The summed E-state index contributed by atoms with van der Waals surface area (Å²) in [6.45, 7) is 3.87. The number of anilines is 1. The van der Waals surface area contributed by atoms with Crippen molar-refractivity contribution in [1.82, 2.24) is 19.7 Å². The summed E-state index contributed by atoms with van der Waals surface area (Å²) in [5, 5.41) is 4.10. The van der Waals surface area contributed by atoms with E-state index >= 15 is 0 Å². The van der Waals surface area contributed by atoms with Crippen molar-refractivity contribution in [2.45, 2.75) is 20.0 Å². The molecule has 0 spiro atoms. The molecule has 0 amide bonds. The van der Waals surface area contributed by atoms with E-state index in [1.54, 1.807) is 16.9 Å². The lowest BCUT2D eigenvalue weighted by molar-refractivity contribution is 0.232. The second kappa shape index (κ2) is 4.70. The van der Waals surface area contributed by atoms with E-state index in [4.69, 9.17) is 10.5 Å². The first-order valence-corrected chi connectivity index (χ1v) is 5.85. The maximum absolute atomic E-state index is 5.64. The molecule has 2 aromatic heterocycles.